The molecule has 0 unspecified atom stereocenters. The van der Waals surface area contributed by atoms with E-state index < -0.39 is 5.91 Å². The summed E-state index contributed by atoms with van der Waals surface area (Å²) in [6.07, 6.45) is 5.89. The van der Waals surface area contributed by atoms with Gasteiger partial charge in [0.15, 0.2) is 17.2 Å². The first-order chi connectivity index (χ1) is 16.5. The zero-order chi connectivity index (χ0) is 24.5. The molecule has 0 bridgehead atoms. The number of hydrogen-bond donors (Lipinski definition) is 2. The first kappa shape index (κ1) is 24.3. The average Bonchev–Trinajstić information content (AvgIpc) is 3.12. The Labute approximate surface area is 197 Å². The molecule has 0 atom stereocenters. The molecule has 0 spiro atoms. The van der Waals surface area contributed by atoms with Gasteiger partial charge in [-0.25, -0.2) is 0 Å². The monoisotopic (exact) mass is 461 g/mol. The Hall–Kier alpha value is -4.33. The summed E-state index contributed by atoms with van der Waals surface area (Å²) in [5, 5.41) is 28.7. The summed E-state index contributed by atoms with van der Waals surface area (Å²) in [5.41, 5.74) is 1.27. The zero-order valence-electron chi connectivity index (χ0n) is 19.1. The SMILES string of the molecule is C=C/C(OC)=C(\C=C/CCn1c(O)c(N=NC(=O)c2ccc(O)cc2)c2ccccc21)OCC. The van der Waals surface area contributed by atoms with Crippen LogP contribution in [-0.4, -0.2) is 34.4 Å². The van der Waals surface area contributed by atoms with Crippen LogP contribution in [0, 0.1) is 0 Å². The molecule has 2 aromatic carbocycles. The quantitative estimate of drug-likeness (QED) is 0.219. The molecular formula is C26H27N3O5. The summed E-state index contributed by atoms with van der Waals surface area (Å²) in [5.74, 6) is 0.499. The second-order valence-corrected chi connectivity index (χ2v) is 7.15. The second-order valence-electron chi connectivity index (χ2n) is 7.15. The number of aryl methyl sites for hydroxylation is 1. The number of para-hydroxylation sites is 1. The molecule has 3 rings (SSSR count). The minimum atomic E-state index is -0.578. The van der Waals surface area contributed by atoms with Gasteiger partial charge in [-0.3, -0.25) is 4.79 Å². The molecule has 0 aliphatic carbocycles. The number of benzene rings is 2. The minimum absolute atomic E-state index is 0.0510. The summed E-state index contributed by atoms with van der Waals surface area (Å²) in [4.78, 5) is 12.3. The first-order valence-electron chi connectivity index (χ1n) is 10.8. The van der Waals surface area contributed by atoms with Crippen molar-refractivity contribution in [1.29, 1.82) is 0 Å². The highest BCUT2D eigenvalue weighted by Gasteiger charge is 2.16. The van der Waals surface area contributed by atoms with Crippen molar-refractivity contribution in [2.24, 2.45) is 10.2 Å². The number of methoxy groups -OCH3 is 1. The van der Waals surface area contributed by atoms with Crippen LogP contribution in [0.4, 0.5) is 5.69 Å². The summed E-state index contributed by atoms with van der Waals surface area (Å²) in [6.45, 7) is 6.55. The van der Waals surface area contributed by atoms with Crippen molar-refractivity contribution >= 4 is 22.5 Å². The number of rotatable bonds is 10. The number of phenols is 1. The highest BCUT2D eigenvalue weighted by molar-refractivity contribution is 5.97. The van der Waals surface area contributed by atoms with Gasteiger partial charge in [0.25, 0.3) is 5.91 Å². The van der Waals surface area contributed by atoms with E-state index in [2.05, 4.69) is 16.8 Å². The van der Waals surface area contributed by atoms with E-state index in [1.165, 1.54) is 24.3 Å². The van der Waals surface area contributed by atoms with Gasteiger partial charge < -0.3 is 24.3 Å². The Balaban J connectivity index is 1.84. The van der Waals surface area contributed by atoms with Crippen LogP contribution in [-0.2, 0) is 16.0 Å². The van der Waals surface area contributed by atoms with Gasteiger partial charge in [-0.2, -0.15) is 0 Å². The highest BCUT2D eigenvalue weighted by Crippen LogP contribution is 2.39. The van der Waals surface area contributed by atoms with Crippen molar-refractivity contribution in [3.63, 3.8) is 0 Å². The Morgan fingerprint density at radius 2 is 1.85 bits per heavy atom. The van der Waals surface area contributed by atoms with E-state index >= 15 is 0 Å². The third-order valence-electron chi connectivity index (χ3n) is 5.01. The lowest BCUT2D eigenvalue weighted by Crippen LogP contribution is -1.97. The van der Waals surface area contributed by atoms with E-state index in [1.54, 1.807) is 17.8 Å². The number of hydrogen-bond acceptors (Lipinski definition) is 6. The van der Waals surface area contributed by atoms with Crippen molar-refractivity contribution in [3.05, 3.63) is 90.4 Å². The Morgan fingerprint density at radius 3 is 2.53 bits per heavy atom. The maximum atomic E-state index is 12.3. The number of phenolic OH excluding ortho intramolecular Hbond substituents is 1. The molecule has 0 aliphatic heterocycles. The van der Waals surface area contributed by atoms with E-state index in [1.807, 2.05) is 43.3 Å². The molecule has 0 fully saturated rings. The predicted molar refractivity (Wildman–Crippen MR) is 130 cm³/mol. The van der Waals surface area contributed by atoms with Gasteiger partial charge >= 0.3 is 0 Å². The van der Waals surface area contributed by atoms with Crippen molar-refractivity contribution < 1.29 is 24.5 Å². The van der Waals surface area contributed by atoms with Crippen LogP contribution in [0.2, 0.25) is 0 Å². The maximum absolute atomic E-state index is 12.3. The fraction of sp³-hybridized carbons (Fsp3) is 0.192. The van der Waals surface area contributed by atoms with E-state index in [0.29, 0.717) is 36.5 Å². The van der Waals surface area contributed by atoms with Crippen LogP contribution in [0.25, 0.3) is 10.9 Å². The smallest absolute Gasteiger partial charge is 0.295 e. The first-order valence-corrected chi connectivity index (χ1v) is 10.8. The van der Waals surface area contributed by atoms with E-state index in [9.17, 15) is 15.0 Å². The lowest BCUT2D eigenvalue weighted by molar-refractivity contribution is 0.0995. The minimum Gasteiger partial charge on any atom is -0.508 e. The van der Waals surface area contributed by atoms with Gasteiger partial charge in [0.2, 0.25) is 5.88 Å². The molecule has 0 aliphatic rings. The summed E-state index contributed by atoms with van der Waals surface area (Å²) >= 11 is 0. The van der Waals surface area contributed by atoms with Gasteiger partial charge in [0.1, 0.15) is 5.75 Å². The van der Waals surface area contributed by atoms with Crippen LogP contribution in [0.5, 0.6) is 11.6 Å². The number of amides is 1. The Bertz CT molecular complexity index is 1250. The number of aromatic hydroxyl groups is 2. The van der Waals surface area contributed by atoms with Gasteiger partial charge in [-0.05, 0) is 55.8 Å². The van der Waals surface area contributed by atoms with Gasteiger partial charge in [-0.15, -0.1) is 10.2 Å². The molecule has 34 heavy (non-hydrogen) atoms. The van der Waals surface area contributed by atoms with Crippen molar-refractivity contribution in [1.82, 2.24) is 4.57 Å². The summed E-state index contributed by atoms with van der Waals surface area (Å²) < 4.78 is 12.6. The predicted octanol–water partition coefficient (Wildman–Crippen LogP) is 6.00. The van der Waals surface area contributed by atoms with E-state index in [-0.39, 0.29) is 22.9 Å². The molecule has 1 amide bonds. The van der Waals surface area contributed by atoms with E-state index in [4.69, 9.17) is 9.47 Å². The van der Waals surface area contributed by atoms with Crippen LogP contribution in [0.3, 0.4) is 0 Å². The summed E-state index contributed by atoms with van der Waals surface area (Å²) in [6, 6.07) is 13.1. The maximum Gasteiger partial charge on any atom is 0.295 e. The largest absolute Gasteiger partial charge is 0.508 e. The lowest BCUT2D eigenvalue weighted by Gasteiger charge is -2.09. The molecular weight excluding hydrogens is 434 g/mol. The molecule has 3 aromatic rings. The Morgan fingerprint density at radius 1 is 1.12 bits per heavy atom. The molecule has 2 N–H and O–H groups in total. The zero-order valence-corrected chi connectivity index (χ0v) is 19.1. The molecule has 1 aromatic heterocycles. The van der Waals surface area contributed by atoms with Crippen LogP contribution >= 0.6 is 0 Å². The topological polar surface area (TPSA) is 106 Å². The fourth-order valence-corrected chi connectivity index (χ4v) is 3.39. The van der Waals surface area contributed by atoms with Crippen molar-refractivity contribution in [2.45, 2.75) is 19.9 Å². The molecule has 8 heteroatoms. The molecule has 0 radical (unpaired) electrons. The van der Waals surface area contributed by atoms with Crippen LogP contribution < -0.4 is 0 Å². The highest BCUT2D eigenvalue weighted by atomic mass is 16.5. The number of carbonyl (C=O) groups excluding carboxylic acids is 1. The number of fused-ring (bicyclic) bond motifs is 1. The fourth-order valence-electron chi connectivity index (χ4n) is 3.39. The molecule has 0 saturated heterocycles. The Kier molecular flexibility index (Phi) is 8.23. The molecule has 176 valence electrons. The number of ether oxygens (including phenoxy) is 2. The van der Waals surface area contributed by atoms with Gasteiger partial charge in [-0.1, -0.05) is 30.9 Å². The number of nitrogens with zero attached hydrogens (tertiary/aromatic N) is 3. The van der Waals surface area contributed by atoms with E-state index in [0.717, 1.165) is 5.52 Å². The second kappa shape index (κ2) is 11.5. The molecule has 0 saturated carbocycles. The third kappa shape index (κ3) is 5.53. The summed E-state index contributed by atoms with van der Waals surface area (Å²) in [7, 11) is 1.55. The van der Waals surface area contributed by atoms with Crippen LogP contribution in [0.15, 0.2) is 95.1 Å². The third-order valence-corrected chi connectivity index (χ3v) is 5.01. The number of carbonyl (C=O) groups is 1. The normalized spacial score (nSPS) is 12.3. The molecule has 1 heterocycles. The standard InChI is InChI=1S/C26H27N3O5/c1-4-22(33-3)23(34-5-2)12-8-9-17-29-21-11-7-6-10-20(21)24(26(29)32)27-28-25(31)18-13-15-19(30)16-14-18/h4,6-8,10-16,30,32H,1,5,9,17H2,2-3H3/b12-8-,23-22-,28-27?. The number of azo groups is 1. The number of allylic oxidation sites excluding steroid dienone is 3. The van der Waals surface area contributed by atoms with Crippen molar-refractivity contribution in [2.75, 3.05) is 13.7 Å². The number of aromatic nitrogens is 1. The average molecular weight is 462 g/mol. The van der Waals surface area contributed by atoms with Crippen LogP contribution in [0.1, 0.15) is 23.7 Å². The van der Waals surface area contributed by atoms with Gasteiger partial charge in [0, 0.05) is 17.5 Å². The molecule has 8 nitrogen and oxygen atoms in total. The van der Waals surface area contributed by atoms with Crippen molar-refractivity contribution in [3.8, 4) is 11.6 Å². The van der Waals surface area contributed by atoms with Gasteiger partial charge in [0.05, 0.1) is 19.2 Å². The lowest BCUT2D eigenvalue weighted by atomic mass is 10.2.